The second-order valence-electron chi connectivity index (χ2n) is 10.0. The lowest BCUT2D eigenvalue weighted by atomic mass is 10.2. The van der Waals surface area contributed by atoms with Crippen LogP contribution in [-0.4, -0.2) is 106 Å². The third kappa shape index (κ3) is 20.5. The van der Waals surface area contributed by atoms with E-state index in [9.17, 15) is 18.0 Å². The summed E-state index contributed by atoms with van der Waals surface area (Å²) in [5, 5.41) is 13.3. The number of hydrogen-bond donors (Lipinski definition) is 5. The van der Waals surface area contributed by atoms with Gasteiger partial charge in [0.2, 0.25) is 15.9 Å². The van der Waals surface area contributed by atoms with Crippen molar-refractivity contribution in [2.45, 2.75) is 30.6 Å². The van der Waals surface area contributed by atoms with Gasteiger partial charge in [0.15, 0.2) is 0 Å². The van der Waals surface area contributed by atoms with Crippen LogP contribution in [0.1, 0.15) is 25.7 Å². The number of ether oxygens (including phenoxy) is 6. The van der Waals surface area contributed by atoms with Gasteiger partial charge in [0.05, 0.1) is 71.0 Å². The number of amides is 3. The quantitative estimate of drug-likeness (QED) is 0.0860. The van der Waals surface area contributed by atoms with Crippen molar-refractivity contribution in [2.75, 3.05) is 96.4 Å². The first-order valence-electron chi connectivity index (χ1n) is 15.6. The second-order valence-corrected chi connectivity index (χ2v) is 11.6. The fourth-order valence-corrected chi connectivity index (χ4v) is 4.30. The van der Waals surface area contributed by atoms with E-state index in [4.69, 9.17) is 39.3 Å². The zero-order valence-corrected chi connectivity index (χ0v) is 27.6. The number of hydrogen-bond acceptors (Lipinski definition) is 11. The molecule has 3 amide bonds. The van der Waals surface area contributed by atoms with Crippen molar-refractivity contribution in [3.8, 4) is 5.75 Å². The molecule has 0 aromatic heterocycles. The van der Waals surface area contributed by atoms with E-state index in [0.29, 0.717) is 116 Å². The summed E-state index contributed by atoms with van der Waals surface area (Å²) in [4.78, 5) is 24.2. The van der Waals surface area contributed by atoms with Crippen LogP contribution in [0.3, 0.4) is 0 Å². The minimum Gasteiger partial charge on any atom is -0.494 e. The highest BCUT2D eigenvalue weighted by atomic mass is 32.2. The van der Waals surface area contributed by atoms with Crippen LogP contribution in [0.2, 0.25) is 0 Å². The minimum atomic E-state index is -3.80. The van der Waals surface area contributed by atoms with Gasteiger partial charge < -0.3 is 50.1 Å². The third-order valence-corrected chi connectivity index (χ3v) is 7.09. The van der Waals surface area contributed by atoms with E-state index in [1.54, 1.807) is 24.3 Å². The molecule has 0 spiro atoms. The number of sulfonamides is 1. The van der Waals surface area contributed by atoms with Crippen LogP contribution in [0.5, 0.6) is 5.75 Å². The first-order valence-corrected chi connectivity index (χ1v) is 17.1. The normalized spacial score (nSPS) is 11.3. The maximum Gasteiger partial charge on any atom is 0.323 e. The molecule has 0 bridgehead atoms. The maximum atomic E-state index is 12.2. The Labute approximate surface area is 277 Å². The molecule has 0 saturated heterocycles. The van der Waals surface area contributed by atoms with E-state index in [1.807, 2.05) is 0 Å². The molecule has 264 valence electrons. The summed E-state index contributed by atoms with van der Waals surface area (Å²) in [5.41, 5.74) is 6.29. The zero-order chi connectivity index (χ0) is 34.0. The molecule has 0 aliphatic rings. The first kappa shape index (κ1) is 39.8. The van der Waals surface area contributed by atoms with Gasteiger partial charge in [0, 0.05) is 37.5 Å². The van der Waals surface area contributed by atoms with Crippen molar-refractivity contribution in [3.63, 3.8) is 0 Å². The molecule has 0 aliphatic carbocycles. The summed E-state index contributed by atoms with van der Waals surface area (Å²) in [6.45, 7) is 6.54. The van der Waals surface area contributed by atoms with Crippen LogP contribution in [0, 0.1) is 0 Å². The lowest BCUT2D eigenvalue weighted by Crippen LogP contribution is -2.24. The Morgan fingerprint density at radius 2 is 1.11 bits per heavy atom. The molecule has 0 saturated carbocycles. The summed E-state index contributed by atoms with van der Waals surface area (Å²) >= 11 is 0. The van der Waals surface area contributed by atoms with E-state index in [0.717, 1.165) is 12.8 Å². The number of benzene rings is 2. The predicted octanol–water partition coefficient (Wildman–Crippen LogP) is 2.08. The summed E-state index contributed by atoms with van der Waals surface area (Å²) in [5.74, 6) is 0.641. The Bertz CT molecular complexity index is 1230. The third-order valence-electron chi connectivity index (χ3n) is 6.16. The number of urea groups is 1. The number of rotatable bonds is 27. The second kappa shape index (κ2) is 24.8. The Balaban J connectivity index is 1.38. The molecule has 15 nitrogen and oxygen atoms in total. The molecule has 0 fully saturated rings. The van der Waals surface area contributed by atoms with Crippen LogP contribution in [0.25, 0.3) is 0 Å². The van der Waals surface area contributed by atoms with Gasteiger partial charge in [-0.1, -0.05) is 0 Å². The van der Waals surface area contributed by atoms with E-state index >= 15 is 0 Å². The van der Waals surface area contributed by atoms with Crippen molar-refractivity contribution in [1.82, 2.24) is 5.32 Å². The van der Waals surface area contributed by atoms with Crippen LogP contribution < -0.4 is 31.6 Å². The van der Waals surface area contributed by atoms with E-state index < -0.39 is 16.1 Å². The fraction of sp³-hybridized carbons (Fsp3) is 0.548. The van der Waals surface area contributed by atoms with E-state index in [-0.39, 0.29) is 10.8 Å². The van der Waals surface area contributed by atoms with Gasteiger partial charge in [-0.05, 0) is 67.8 Å². The fourth-order valence-electron chi connectivity index (χ4n) is 3.79. The average molecular weight is 684 g/mol. The topological polar surface area (TPSA) is 212 Å². The minimum absolute atomic E-state index is 0.0115. The molecule has 0 atom stereocenters. The molecular formula is C31H49N5O10S. The van der Waals surface area contributed by atoms with Crippen LogP contribution in [-0.2, 0) is 38.5 Å². The van der Waals surface area contributed by atoms with E-state index in [2.05, 4.69) is 16.0 Å². The van der Waals surface area contributed by atoms with Gasteiger partial charge >= 0.3 is 6.03 Å². The Morgan fingerprint density at radius 1 is 0.617 bits per heavy atom. The van der Waals surface area contributed by atoms with E-state index in [1.165, 1.54) is 24.3 Å². The number of nitrogens with two attached hydrogens (primary N) is 2. The highest BCUT2D eigenvalue weighted by Crippen LogP contribution is 2.17. The number of carbonyl (C=O) groups is 2. The Hall–Kier alpha value is -3.35. The lowest BCUT2D eigenvalue weighted by molar-refractivity contribution is -0.121. The zero-order valence-electron chi connectivity index (χ0n) is 26.8. The van der Waals surface area contributed by atoms with Crippen molar-refractivity contribution < 1.29 is 46.4 Å². The number of nitrogens with one attached hydrogen (secondary N) is 3. The number of anilines is 2. The average Bonchev–Trinajstić information content (AvgIpc) is 3.04. The van der Waals surface area contributed by atoms with Gasteiger partial charge in [-0.25, -0.2) is 18.4 Å². The molecule has 0 unspecified atom stereocenters. The molecule has 2 aromatic rings. The highest BCUT2D eigenvalue weighted by Gasteiger charge is 2.08. The van der Waals surface area contributed by atoms with Gasteiger partial charge in [0.25, 0.3) is 0 Å². The monoisotopic (exact) mass is 683 g/mol. The van der Waals surface area contributed by atoms with Crippen molar-refractivity contribution in [3.05, 3.63) is 48.5 Å². The summed E-state index contributed by atoms with van der Waals surface area (Å²) < 4.78 is 55.3. The van der Waals surface area contributed by atoms with Crippen molar-refractivity contribution >= 4 is 33.3 Å². The van der Waals surface area contributed by atoms with Gasteiger partial charge in [0.1, 0.15) is 5.75 Å². The van der Waals surface area contributed by atoms with Crippen LogP contribution in [0.15, 0.2) is 53.4 Å². The summed E-state index contributed by atoms with van der Waals surface area (Å²) in [6.07, 6.45) is 2.57. The molecule has 7 N–H and O–H groups in total. The summed E-state index contributed by atoms with van der Waals surface area (Å²) in [6, 6.07) is 11.9. The molecule has 0 aliphatic heterocycles. The Morgan fingerprint density at radius 3 is 1.62 bits per heavy atom. The predicted molar refractivity (Wildman–Crippen MR) is 177 cm³/mol. The van der Waals surface area contributed by atoms with Crippen LogP contribution >= 0.6 is 0 Å². The standard InChI is InChI=1S/C31H49N5O10S/c32-13-17-42-19-21-44-23-25-45-24-22-43-20-18-41-15-3-4-30(37)34-14-1-2-16-46-28-9-5-26(6-10-28)35-31(38)36-27-7-11-29(12-8-27)47(33,39)40/h5-12H,1-4,13-25,32H2,(H,34,37)(H2,33,39,40)(H2,35,36,38). The number of carbonyl (C=O) groups excluding carboxylic acids is 2. The largest absolute Gasteiger partial charge is 0.494 e. The van der Waals surface area contributed by atoms with Gasteiger partial charge in [-0.3, -0.25) is 4.79 Å². The molecule has 47 heavy (non-hydrogen) atoms. The maximum absolute atomic E-state index is 12.2. The lowest BCUT2D eigenvalue weighted by Gasteiger charge is -2.10. The molecule has 2 rings (SSSR count). The van der Waals surface area contributed by atoms with Gasteiger partial charge in [-0.15, -0.1) is 0 Å². The van der Waals surface area contributed by atoms with Crippen molar-refractivity contribution in [2.24, 2.45) is 10.9 Å². The summed E-state index contributed by atoms with van der Waals surface area (Å²) in [7, 11) is -3.80. The smallest absolute Gasteiger partial charge is 0.323 e. The first-order chi connectivity index (χ1) is 22.8. The van der Waals surface area contributed by atoms with Crippen molar-refractivity contribution in [1.29, 1.82) is 0 Å². The number of unbranched alkanes of at least 4 members (excludes halogenated alkanes) is 1. The SMILES string of the molecule is NCCOCCOCCOCCOCCOCCCC(=O)NCCCCOc1ccc(NC(=O)Nc2ccc(S(N)(=O)=O)cc2)cc1. The number of primary sulfonamides is 1. The van der Waals surface area contributed by atoms with Crippen LogP contribution in [0.4, 0.5) is 16.2 Å². The molecule has 16 heteroatoms. The molecular weight excluding hydrogens is 634 g/mol. The molecule has 2 aromatic carbocycles. The molecule has 0 radical (unpaired) electrons. The Kier molecular flexibility index (Phi) is 21.0. The van der Waals surface area contributed by atoms with Gasteiger partial charge in [-0.2, -0.15) is 0 Å². The molecule has 0 heterocycles. The highest BCUT2D eigenvalue weighted by molar-refractivity contribution is 7.89.